The lowest BCUT2D eigenvalue weighted by molar-refractivity contribution is 0.525. The van der Waals surface area contributed by atoms with Crippen LogP contribution in [0, 0.1) is 6.92 Å². The molecule has 0 aliphatic carbocycles. The summed E-state index contributed by atoms with van der Waals surface area (Å²) in [6, 6.07) is 0. The highest BCUT2D eigenvalue weighted by Gasteiger charge is 2.12. The van der Waals surface area contributed by atoms with Gasteiger partial charge in [0.2, 0.25) is 0 Å². The molecule has 0 aliphatic heterocycles. The predicted molar refractivity (Wildman–Crippen MR) is 62.2 cm³/mol. The molecule has 0 fully saturated rings. The van der Waals surface area contributed by atoms with Crippen LogP contribution in [-0.4, -0.2) is 27.7 Å². The monoisotopic (exact) mass is 274 g/mol. The van der Waals surface area contributed by atoms with Gasteiger partial charge in [-0.1, -0.05) is 0 Å². The molecule has 8 heteroatoms. The molecule has 0 radical (unpaired) electrons. The lowest BCUT2D eigenvalue weighted by Crippen LogP contribution is -2.08. The van der Waals surface area contributed by atoms with Gasteiger partial charge in [-0.05, 0) is 6.92 Å². The second kappa shape index (κ2) is 4.50. The zero-order valence-corrected chi connectivity index (χ0v) is 10.7. The molecule has 0 bridgehead atoms. The van der Waals surface area contributed by atoms with E-state index in [1.807, 2.05) is 17.7 Å². The number of hydrogen-bond acceptors (Lipinski definition) is 4. The van der Waals surface area contributed by atoms with Crippen LogP contribution in [0.4, 0.5) is 0 Å². The molecule has 0 spiro atoms. The third kappa shape index (κ3) is 2.86. The largest absolute Gasteiger partial charge is 0.333 e. The fourth-order valence-corrected chi connectivity index (χ4v) is 2.10. The van der Waals surface area contributed by atoms with Crippen molar-refractivity contribution in [2.24, 2.45) is 0 Å². The molecule has 2 aromatic rings. The molecule has 6 nitrogen and oxygen atoms in total. The number of nitrogens with zero attached hydrogens (tertiary/aromatic N) is 4. The smallest absolute Gasteiger partial charge is 0.264 e. The van der Waals surface area contributed by atoms with Crippen molar-refractivity contribution in [3.05, 3.63) is 30.6 Å². The summed E-state index contributed by atoms with van der Waals surface area (Å²) in [6.45, 7) is 3.14. The molecule has 0 aromatic carbocycles. The molecule has 2 aromatic heterocycles. The van der Waals surface area contributed by atoms with Gasteiger partial charge in [-0.2, -0.15) is 5.10 Å². The van der Waals surface area contributed by atoms with E-state index in [0.717, 1.165) is 5.82 Å². The normalized spacial score (nSPS) is 11.9. The minimum atomic E-state index is -3.69. The van der Waals surface area contributed by atoms with Gasteiger partial charge in [0.15, 0.2) is 0 Å². The average molecular weight is 275 g/mol. The molecule has 17 heavy (non-hydrogen) atoms. The minimum Gasteiger partial charge on any atom is -0.333 e. The highest BCUT2D eigenvalue weighted by Crippen LogP contribution is 2.12. The third-order valence-electron chi connectivity index (χ3n) is 2.38. The highest BCUT2D eigenvalue weighted by atomic mass is 35.7. The van der Waals surface area contributed by atoms with E-state index in [0.29, 0.717) is 13.1 Å². The van der Waals surface area contributed by atoms with E-state index < -0.39 is 9.05 Å². The molecule has 0 saturated heterocycles. The Labute approximate surface area is 103 Å². The van der Waals surface area contributed by atoms with Crippen molar-refractivity contribution in [3.63, 3.8) is 0 Å². The van der Waals surface area contributed by atoms with Gasteiger partial charge in [0, 0.05) is 35.8 Å². The van der Waals surface area contributed by atoms with Crippen molar-refractivity contribution in [2.75, 3.05) is 0 Å². The summed E-state index contributed by atoms with van der Waals surface area (Å²) in [5.41, 5.74) is 0. The zero-order valence-electron chi connectivity index (χ0n) is 9.12. The third-order valence-corrected chi connectivity index (χ3v) is 3.69. The van der Waals surface area contributed by atoms with Crippen molar-refractivity contribution >= 4 is 19.7 Å². The fourth-order valence-electron chi connectivity index (χ4n) is 1.44. The molecule has 0 atom stereocenters. The summed E-state index contributed by atoms with van der Waals surface area (Å²) >= 11 is 0. The summed E-state index contributed by atoms with van der Waals surface area (Å²) in [6.07, 6.45) is 6.23. The van der Waals surface area contributed by atoms with Crippen molar-refractivity contribution < 1.29 is 8.42 Å². The Morgan fingerprint density at radius 1 is 1.41 bits per heavy atom. The van der Waals surface area contributed by atoms with Crippen LogP contribution in [0.1, 0.15) is 5.82 Å². The number of hydrogen-bond donors (Lipinski definition) is 0. The van der Waals surface area contributed by atoms with Crippen LogP contribution in [0.5, 0.6) is 0 Å². The van der Waals surface area contributed by atoms with Crippen LogP contribution in [0.3, 0.4) is 0 Å². The summed E-state index contributed by atoms with van der Waals surface area (Å²) in [5, 5.41) is 3.93. The molecule has 2 rings (SSSR count). The van der Waals surface area contributed by atoms with Crippen LogP contribution in [-0.2, 0) is 22.1 Å². The predicted octanol–water partition coefficient (Wildman–Crippen LogP) is 1.02. The van der Waals surface area contributed by atoms with Gasteiger partial charge >= 0.3 is 0 Å². The van der Waals surface area contributed by atoms with E-state index in [2.05, 4.69) is 10.1 Å². The fraction of sp³-hybridized carbons (Fsp3) is 0.333. The molecular weight excluding hydrogens is 264 g/mol. The van der Waals surface area contributed by atoms with E-state index in [1.165, 1.54) is 17.1 Å². The lowest BCUT2D eigenvalue weighted by Gasteiger charge is -2.04. The SMILES string of the molecule is Cc1nccn1CCn1cc(S(=O)(=O)Cl)cn1. The molecule has 0 unspecified atom stereocenters. The Balaban J connectivity index is 2.06. The number of imidazole rings is 1. The number of aryl methyl sites for hydroxylation is 3. The van der Waals surface area contributed by atoms with Gasteiger partial charge in [0.05, 0.1) is 12.7 Å². The standard InChI is InChI=1S/C9H11ClN4O2S/c1-8-11-2-3-13(8)4-5-14-7-9(6-12-14)17(10,15)16/h2-3,6-7H,4-5H2,1H3. The number of rotatable bonds is 4. The highest BCUT2D eigenvalue weighted by molar-refractivity contribution is 8.13. The van der Waals surface area contributed by atoms with Crippen molar-refractivity contribution in [3.8, 4) is 0 Å². The van der Waals surface area contributed by atoms with E-state index in [-0.39, 0.29) is 4.90 Å². The average Bonchev–Trinajstić information content (AvgIpc) is 2.82. The van der Waals surface area contributed by atoms with E-state index in [1.54, 1.807) is 6.20 Å². The molecule has 0 amide bonds. The van der Waals surface area contributed by atoms with Gasteiger partial charge in [0.25, 0.3) is 9.05 Å². The molecule has 2 heterocycles. The number of aromatic nitrogens is 4. The molecule has 92 valence electrons. The Kier molecular flexibility index (Phi) is 3.21. The topological polar surface area (TPSA) is 69.8 Å². The van der Waals surface area contributed by atoms with Gasteiger partial charge in [0.1, 0.15) is 10.7 Å². The first-order chi connectivity index (χ1) is 7.97. The van der Waals surface area contributed by atoms with E-state index >= 15 is 0 Å². The van der Waals surface area contributed by atoms with Gasteiger partial charge in [-0.15, -0.1) is 0 Å². The maximum atomic E-state index is 11.0. The van der Waals surface area contributed by atoms with Crippen molar-refractivity contribution in [1.82, 2.24) is 19.3 Å². The summed E-state index contributed by atoms with van der Waals surface area (Å²) in [4.78, 5) is 4.10. The molecule has 0 N–H and O–H groups in total. The van der Waals surface area contributed by atoms with Crippen LogP contribution in [0.25, 0.3) is 0 Å². The molecule has 0 aliphatic rings. The van der Waals surface area contributed by atoms with Crippen molar-refractivity contribution in [1.29, 1.82) is 0 Å². The lowest BCUT2D eigenvalue weighted by atomic mass is 10.5. The summed E-state index contributed by atoms with van der Waals surface area (Å²) in [5.74, 6) is 0.905. The van der Waals surface area contributed by atoms with Crippen molar-refractivity contribution in [2.45, 2.75) is 24.9 Å². The quantitative estimate of drug-likeness (QED) is 0.781. The van der Waals surface area contributed by atoms with Gasteiger partial charge in [-0.3, -0.25) is 4.68 Å². The Hall–Kier alpha value is -1.34. The van der Waals surface area contributed by atoms with Gasteiger partial charge < -0.3 is 4.57 Å². The zero-order chi connectivity index (χ0) is 12.5. The van der Waals surface area contributed by atoms with Crippen LogP contribution in [0.2, 0.25) is 0 Å². The van der Waals surface area contributed by atoms with Gasteiger partial charge in [-0.25, -0.2) is 13.4 Å². The van der Waals surface area contributed by atoms with E-state index in [4.69, 9.17) is 10.7 Å². The van der Waals surface area contributed by atoms with Crippen LogP contribution in [0.15, 0.2) is 29.7 Å². The summed E-state index contributed by atoms with van der Waals surface area (Å²) < 4.78 is 25.6. The molecule has 0 saturated carbocycles. The minimum absolute atomic E-state index is 0.0153. The second-order valence-electron chi connectivity index (χ2n) is 3.54. The Bertz CT molecular complexity index is 616. The maximum Gasteiger partial charge on any atom is 0.264 e. The van der Waals surface area contributed by atoms with Crippen LogP contribution >= 0.6 is 10.7 Å². The number of halogens is 1. The first-order valence-electron chi connectivity index (χ1n) is 4.91. The first-order valence-corrected chi connectivity index (χ1v) is 7.22. The second-order valence-corrected chi connectivity index (χ2v) is 6.11. The molecular formula is C9H11ClN4O2S. The van der Waals surface area contributed by atoms with E-state index in [9.17, 15) is 8.42 Å². The van der Waals surface area contributed by atoms with Crippen LogP contribution < -0.4 is 0 Å². The Morgan fingerprint density at radius 2 is 2.18 bits per heavy atom. The maximum absolute atomic E-state index is 11.0. The first kappa shape index (κ1) is 12.1. The Morgan fingerprint density at radius 3 is 2.71 bits per heavy atom. The summed E-state index contributed by atoms with van der Waals surface area (Å²) in [7, 11) is 1.51.